The first-order valence-corrected chi connectivity index (χ1v) is 9.03. The molecule has 1 aromatic heterocycles. The summed E-state index contributed by atoms with van der Waals surface area (Å²) in [5.41, 5.74) is 1.06. The van der Waals surface area contributed by atoms with Crippen LogP contribution in [0.3, 0.4) is 0 Å². The molecule has 1 fully saturated rings. The second-order valence-electron chi connectivity index (χ2n) is 6.85. The van der Waals surface area contributed by atoms with Gasteiger partial charge < -0.3 is 15.5 Å². The molecule has 4 rings (SSSR count). The van der Waals surface area contributed by atoms with Crippen molar-refractivity contribution < 1.29 is 9.59 Å². The lowest BCUT2D eigenvalue weighted by molar-refractivity contribution is -0.137. The Morgan fingerprint density at radius 2 is 1.96 bits per heavy atom. The molecule has 8 heteroatoms. The number of rotatable bonds is 2. The predicted molar refractivity (Wildman–Crippen MR) is 99.2 cm³/mol. The van der Waals surface area contributed by atoms with E-state index in [-0.39, 0.29) is 11.8 Å². The molecule has 0 unspecified atom stereocenters. The van der Waals surface area contributed by atoms with E-state index in [1.54, 1.807) is 22.7 Å². The Kier molecular flexibility index (Phi) is 4.11. The van der Waals surface area contributed by atoms with Crippen LogP contribution in [0.2, 0.25) is 5.02 Å². The molecule has 2 aromatic rings. The summed E-state index contributed by atoms with van der Waals surface area (Å²) in [6.45, 7) is 2.83. The molecule has 2 amide bonds. The van der Waals surface area contributed by atoms with Crippen LogP contribution < -0.4 is 10.6 Å². The molecule has 0 bridgehead atoms. The van der Waals surface area contributed by atoms with E-state index in [4.69, 9.17) is 11.6 Å². The number of carbonyl (C=O) groups excluding carboxylic acids is 2. The summed E-state index contributed by atoms with van der Waals surface area (Å²) in [4.78, 5) is 27.2. The summed E-state index contributed by atoms with van der Waals surface area (Å²) in [7, 11) is 0. The molecule has 0 saturated carbocycles. The predicted octanol–water partition coefficient (Wildman–Crippen LogP) is 2.52. The van der Waals surface area contributed by atoms with E-state index in [1.807, 2.05) is 24.3 Å². The molecule has 2 N–H and O–H groups in total. The maximum atomic E-state index is 12.8. The zero-order valence-electron chi connectivity index (χ0n) is 14.4. The lowest BCUT2D eigenvalue weighted by atomic mass is 9.84. The number of benzene rings is 1. The van der Waals surface area contributed by atoms with Crippen molar-refractivity contribution in [3.8, 4) is 0 Å². The number of amides is 2. The van der Waals surface area contributed by atoms with E-state index < -0.39 is 11.6 Å². The van der Waals surface area contributed by atoms with E-state index in [0.29, 0.717) is 31.0 Å². The van der Waals surface area contributed by atoms with Crippen LogP contribution in [0, 0.1) is 0 Å². The number of nitrogens with one attached hydrogen (secondary N) is 2. The molecule has 0 radical (unpaired) electrons. The topological polar surface area (TPSA) is 79.3 Å². The van der Waals surface area contributed by atoms with Crippen LogP contribution in [0.1, 0.15) is 25.8 Å². The van der Waals surface area contributed by atoms with Crippen LogP contribution in [0.15, 0.2) is 36.7 Å². The van der Waals surface area contributed by atoms with E-state index in [2.05, 4.69) is 15.7 Å². The highest BCUT2D eigenvalue weighted by Gasteiger charge is 2.45. The fourth-order valence-electron chi connectivity index (χ4n) is 3.62. The van der Waals surface area contributed by atoms with Gasteiger partial charge in [0.25, 0.3) is 0 Å². The average Bonchev–Trinajstić information content (AvgIpc) is 3.08. The van der Waals surface area contributed by atoms with Gasteiger partial charge in [-0.05, 0) is 31.9 Å². The van der Waals surface area contributed by atoms with Crippen LogP contribution in [-0.4, -0.2) is 45.1 Å². The smallest absolute Gasteiger partial charge is 0.250 e. The minimum Gasteiger partial charge on any atom is -0.369 e. The minimum atomic E-state index is -0.663. The van der Waals surface area contributed by atoms with Gasteiger partial charge in [0.05, 0.1) is 22.6 Å². The minimum absolute atomic E-state index is 0.0174. The first-order chi connectivity index (χ1) is 12.5. The summed E-state index contributed by atoms with van der Waals surface area (Å²) in [6, 6.07) is 7.24. The Morgan fingerprint density at radius 1 is 1.27 bits per heavy atom. The summed E-state index contributed by atoms with van der Waals surface area (Å²) in [6.07, 6.45) is 4.28. The number of hydrogen-bond donors (Lipinski definition) is 2. The highest BCUT2D eigenvalue weighted by atomic mass is 35.5. The molecule has 1 saturated heterocycles. The van der Waals surface area contributed by atoms with E-state index in [9.17, 15) is 9.59 Å². The van der Waals surface area contributed by atoms with Crippen molar-refractivity contribution in [2.24, 2.45) is 0 Å². The maximum absolute atomic E-state index is 12.8. The van der Waals surface area contributed by atoms with Gasteiger partial charge in [0.1, 0.15) is 11.6 Å². The fraction of sp³-hybridized carbons (Fsp3) is 0.389. The summed E-state index contributed by atoms with van der Waals surface area (Å²) in [5, 5.41) is 11.0. The number of carbonyl (C=O) groups is 2. The number of hydrogen-bond acceptors (Lipinski definition) is 4. The Balaban J connectivity index is 1.45. The van der Waals surface area contributed by atoms with Crippen molar-refractivity contribution in [2.45, 2.75) is 31.3 Å². The summed E-state index contributed by atoms with van der Waals surface area (Å²) >= 11 is 5.89. The molecule has 26 heavy (non-hydrogen) atoms. The molecule has 1 aromatic carbocycles. The van der Waals surface area contributed by atoms with Crippen molar-refractivity contribution in [1.29, 1.82) is 0 Å². The van der Waals surface area contributed by atoms with Crippen LogP contribution >= 0.6 is 11.6 Å². The molecule has 1 spiro atoms. The highest BCUT2D eigenvalue weighted by Crippen LogP contribution is 2.36. The van der Waals surface area contributed by atoms with Gasteiger partial charge in [-0.2, -0.15) is 5.10 Å². The number of aromatic nitrogens is 2. The standard InChI is InChI=1S/C18H20ClN5O2/c1-12(24-11-13(19)10-20-24)16(25)23-8-6-18(7-9-23)17(26)21-14-4-2-3-5-15(14)22-18/h2-5,10-12,22H,6-9H2,1H3,(H,21,26)/t12-/m1/s1. The van der Waals surface area contributed by atoms with Gasteiger partial charge in [-0.15, -0.1) is 0 Å². The normalized spacial score (nSPS) is 19.5. The zero-order chi connectivity index (χ0) is 18.3. The first kappa shape index (κ1) is 16.9. The number of piperidine rings is 1. The van der Waals surface area contributed by atoms with Gasteiger partial charge in [-0.25, -0.2) is 0 Å². The van der Waals surface area contributed by atoms with Crippen LogP contribution in [0.25, 0.3) is 0 Å². The van der Waals surface area contributed by atoms with Crippen molar-refractivity contribution >= 4 is 34.8 Å². The van der Waals surface area contributed by atoms with Crippen molar-refractivity contribution in [2.75, 3.05) is 23.7 Å². The van der Waals surface area contributed by atoms with Gasteiger partial charge in [0, 0.05) is 19.3 Å². The average molecular weight is 374 g/mol. The van der Waals surface area contributed by atoms with Gasteiger partial charge in [-0.3, -0.25) is 14.3 Å². The van der Waals surface area contributed by atoms with Crippen LogP contribution in [0.4, 0.5) is 11.4 Å². The van der Waals surface area contributed by atoms with Crippen molar-refractivity contribution in [3.05, 3.63) is 41.7 Å². The third-order valence-corrected chi connectivity index (χ3v) is 5.43. The first-order valence-electron chi connectivity index (χ1n) is 8.66. The lowest BCUT2D eigenvalue weighted by Crippen LogP contribution is -2.59. The molecule has 0 aliphatic carbocycles. The maximum Gasteiger partial charge on any atom is 0.250 e. The highest BCUT2D eigenvalue weighted by molar-refractivity contribution is 6.30. The zero-order valence-corrected chi connectivity index (χ0v) is 15.2. The quantitative estimate of drug-likeness (QED) is 0.847. The largest absolute Gasteiger partial charge is 0.369 e. The van der Waals surface area contributed by atoms with Crippen molar-refractivity contribution in [1.82, 2.24) is 14.7 Å². The second-order valence-corrected chi connectivity index (χ2v) is 7.28. The Labute approximate surface area is 156 Å². The SMILES string of the molecule is C[C@H](C(=O)N1CCC2(CC1)Nc1ccccc1NC2=O)n1cc(Cl)cn1. The Hall–Kier alpha value is -2.54. The van der Waals surface area contributed by atoms with Gasteiger partial charge in [0.15, 0.2) is 0 Å². The summed E-state index contributed by atoms with van der Waals surface area (Å²) < 4.78 is 1.57. The van der Waals surface area contributed by atoms with E-state index >= 15 is 0 Å². The molecule has 3 heterocycles. The molecule has 1 atom stereocenters. The van der Waals surface area contributed by atoms with E-state index in [0.717, 1.165) is 11.4 Å². The monoisotopic (exact) mass is 373 g/mol. The molecule has 7 nitrogen and oxygen atoms in total. The Morgan fingerprint density at radius 3 is 2.62 bits per heavy atom. The van der Waals surface area contributed by atoms with Crippen LogP contribution in [-0.2, 0) is 9.59 Å². The number of nitrogens with zero attached hydrogens (tertiary/aromatic N) is 3. The third-order valence-electron chi connectivity index (χ3n) is 5.24. The number of para-hydroxylation sites is 2. The number of fused-ring (bicyclic) bond motifs is 1. The van der Waals surface area contributed by atoms with Gasteiger partial charge in [-0.1, -0.05) is 23.7 Å². The lowest BCUT2D eigenvalue weighted by Gasteiger charge is -2.44. The number of likely N-dealkylation sites (tertiary alicyclic amines) is 1. The second kappa shape index (κ2) is 6.32. The Bertz CT molecular complexity index is 857. The molecule has 2 aliphatic heterocycles. The fourth-order valence-corrected chi connectivity index (χ4v) is 3.77. The number of halogens is 1. The van der Waals surface area contributed by atoms with Gasteiger partial charge >= 0.3 is 0 Å². The number of anilines is 2. The molecular formula is C18H20ClN5O2. The summed E-state index contributed by atoms with van der Waals surface area (Å²) in [5.74, 6) is -0.0496. The van der Waals surface area contributed by atoms with Gasteiger partial charge in [0.2, 0.25) is 11.8 Å². The van der Waals surface area contributed by atoms with Crippen molar-refractivity contribution in [3.63, 3.8) is 0 Å². The van der Waals surface area contributed by atoms with E-state index in [1.165, 1.54) is 6.20 Å². The molecule has 136 valence electrons. The molecular weight excluding hydrogens is 354 g/mol. The molecule has 2 aliphatic rings. The third kappa shape index (κ3) is 2.82. The van der Waals surface area contributed by atoms with Crippen LogP contribution in [0.5, 0.6) is 0 Å².